The first-order chi connectivity index (χ1) is 7.24. The molecule has 1 aliphatic carbocycles. The summed E-state index contributed by atoms with van der Waals surface area (Å²) in [6, 6.07) is 5.93. The van der Waals surface area contributed by atoms with Crippen LogP contribution >= 0.6 is 0 Å². The van der Waals surface area contributed by atoms with Crippen LogP contribution in [0.4, 0.5) is 0 Å². The third-order valence-corrected chi connectivity index (χ3v) is 10.5. The number of hydrogen-bond acceptors (Lipinski definition) is 0. The Bertz CT molecular complexity index is 94.3. The molecule has 0 aromatic carbocycles. The molecule has 0 atom stereocenters. The average Bonchev–Trinajstić information content (AvgIpc) is 2.36. The molecule has 0 unspecified atom stereocenters. The van der Waals surface area contributed by atoms with Gasteiger partial charge >= 0.3 is 0 Å². The van der Waals surface area contributed by atoms with Gasteiger partial charge in [-0.25, -0.2) is 0 Å². The minimum atomic E-state index is -0.691. The highest BCUT2D eigenvalue weighted by molar-refractivity contribution is 6.79. The van der Waals surface area contributed by atoms with Gasteiger partial charge in [0, 0.05) is 0 Å². The van der Waals surface area contributed by atoms with Crippen LogP contribution in [0.5, 0.6) is 0 Å². The average molecular weight is 228 g/mol. The molecule has 1 saturated carbocycles. The number of hydrogen-bond donors (Lipinski definition) is 0. The lowest BCUT2D eigenvalue weighted by Gasteiger charge is -2.25. The molecule has 1 aliphatic rings. The molecule has 0 spiro atoms. The highest BCUT2D eigenvalue weighted by Crippen LogP contribution is 2.23. The first kappa shape index (κ1) is 15.2. The van der Waals surface area contributed by atoms with E-state index in [-0.39, 0.29) is 0 Å². The Morgan fingerprint density at radius 3 is 0.800 bits per heavy atom. The van der Waals surface area contributed by atoms with E-state index in [1.165, 1.54) is 62.7 Å². The van der Waals surface area contributed by atoms with Gasteiger partial charge in [-0.2, -0.15) is 0 Å². The van der Waals surface area contributed by atoms with Gasteiger partial charge in [0.2, 0.25) is 0 Å². The first-order valence-corrected chi connectivity index (χ1v) is 10.1. The normalized spacial score (nSPS) is 16.8. The molecule has 0 aromatic rings. The molecule has 1 rings (SSSR count). The molecule has 1 heteroatoms. The van der Waals surface area contributed by atoms with Crippen LogP contribution in [0.2, 0.25) is 24.2 Å². The van der Waals surface area contributed by atoms with E-state index in [2.05, 4.69) is 27.7 Å². The van der Waals surface area contributed by atoms with Gasteiger partial charge in [0.1, 0.15) is 0 Å². The van der Waals surface area contributed by atoms with E-state index in [4.69, 9.17) is 0 Å². The summed E-state index contributed by atoms with van der Waals surface area (Å²) < 4.78 is 0. The van der Waals surface area contributed by atoms with Crippen molar-refractivity contribution in [2.45, 2.75) is 90.4 Å². The zero-order chi connectivity index (χ0) is 11.6. The van der Waals surface area contributed by atoms with Crippen molar-refractivity contribution in [3.63, 3.8) is 0 Å². The fraction of sp³-hybridized carbons (Fsp3) is 1.00. The molecular weight excluding hydrogens is 196 g/mol. The summed E-state index contributed by atoms with van der Waals surface area (Å²) in [5, 5.41) is 0. The molecule has 92 valence electrons. The van der Waals surface area contributed by atoms with E-state index in [0.29, 0.717) is 0 Å². The fourth-order valence-corrected chi connectivity index (χ4v) is 5.56. The van der Waals surface area contributed by atoms with Crippen molar-refractivity contribution in [3.05, 3.63) is 0 Å². The van der Waals surface area contributed by atoms with Crippen LogP contribution in [0.3, 0.4) is 0 Å². The van der Waals surface area contributed by atoms with E-state index < -0.39 is 8.07 Å². The van der Waals surface area contributed by atoms with E-state index in [9.17, 15) is 0 Å². The summed E-state index contributed by atoms with van der Waals surface area (Å²) >= 11 is 0. The van der Waals surface area contributed by atoms with Crippen molar-refractivity contribution in [2.75, 3.05) is 0 Å². The maximum atomic E-state index is 2.36. The second-order valence-electron chi connectivity index (χ2n) is 5.04. The lowest BCUT2D eigenvalue weighted by molar-refractivity contribution is 0.504. The molecule has 0 aliphatic heterocycles. The Balaban J connectivity index is 0.000000280. The second-order valence-corrected chi connectivity index (χ2v) is 10.9. The summed E-state index contributed by atoms with van der Waals surface area (Å²) in [6.07, 6.45) is 9.00. The SMILES string of the molecule is C1CCCCC1.CC[Si](CC)(CC)CC. The maximum absolute atomic E-state index is 2.36. The molecular formula is C14H32Si. The third kappa shape index (κ3) is 6.39. The van der Waals surface area contributed by atoms with Crippen molar-refractivity contribution in [3.8, 4) is 0 Å². The van der Waals surface area contributed by atoms with Gasteiger partial charge in [0.15, 0.2) is 0 Å². The third-order valence-electron chi connectivity index (χ3n) is 4.50. The molecule has 1 fully saturated rings. The molecule has 0 bridgehead atoms. The summed E-state index contributed by atoms with van der Waals surface area (Å²) in [6.45, 7) is 9.46. The van der Waals surface area contributed by atoms with Crippen LogP contribution in [0.25, 0.3) is 0 Å². The van der Waals surface area contributed by atoms with Gasteiger partial charge in [0.05, 0.1) is 8.07 Å². The van der Waals surface area contributed by atoms with E-state index in [1.54, 1.807) is 0 Å². The molecule has 15 heavy (non-hydrogen) atoms. The van der Waals surface area contributed by atoms with Crippen molar-refractivity contribution in [1.29, 1.82) is 0 Å². The Kier molecular flexibility index (Phi) is 9.58. The van der Waals surface area contributed by atoms with E-state index in [0.717, 1.165) is 0 Å². The molecule has 0 N–H and O–H groups in total. The van der Waals surface area contributed by atoms with Crippen molar-refractivity contribution in [2.24, 2.45) is 0 Å². The fourth-order valence-electron chi connectivity index (χ4n) is 2.56. The Morgan fingerprint density at radius 1 is 0.533 bits per heavy atom. The molecule has 0 radical (unpaired) electrons. The molecule has 0 heterocycles. The van der Waals surface area contributed by atoms with Gasteiger partial charge in [-0.15, -0.1) is 0 Å². The van der Waals surface area contributed by atoms with Crippen molar-refractivity contribution < 1.29 is 0 Å². The zero-order valence-electron chi connectivity index (χ0n) is 11.6. The van der Waals surface area contributed by atoms with Crippen LogP contribution in [-0.4, -0.2) is 8.07 Å². The van der Waals surface area contributed by atoms with Gasteiger partial charge in [-0.05, 0) is 0 Å². The molecule has 0 amide bonds. The van der Waals surface area contributed by atoms with Gasteiger partial charge in [-0.3, -0.25) is 0 Å². The van der Waals surface area contributed by atoms with E-state index >= 15 is 0 Å². The van der Waals surface area contributed by atoms with Crippen LogP contribution < -0.4 is 0 Å². The van der Waals surface area contributed by atoms with E-state index in [1.807, 2.05) is 0 Å². The highest BCUT2D eigenvalue weighted by atomic mass is 28.3. The molecule has 0 aromatic heterocycles. The molecule has 0 saturated heterocycles. The lowest BCUT2D eigenvalue weighted by atomic mass is 10.0. The first-order valence-electron chi connectivity index (χ1n) is 7.24. The summed E-state index contributed by atoms with van der Waals surface area (Å²) in [5.41, 5.74) is 0. The summed E-state index contributed by atoms with van der Waals surface area (Å²) in [7, 11) is -0.691. The highest BCUT2D eigenvalue weighted by Gasteiger charge is 2.23. The van der Waals surface area contributed by atoms with Crippen molar-refractivity contribution >= 4 is 8.07 Å². The minimum Gasteiger partial charge on any atom is -0.0678 e. The Labute approximate surface area is 98.9 Å². The number of rotatable bonds is 4. The van der Waals surface area contributed by atoms with Crippen LogP contribution in [0, 0.1) is 0 Å². The topological polar surface area (TPSA) is 0 Å². The summed E-state index contributed by atoms with van der Waals surface area (Å²) in [4.78, 5) is 0. The monoisotopic (exact) mass is 228 g/mol. The smallest absolute Gasteiger partial charge is 0.0524 e. The van der Waals surface area contributed by atoms with Crippen LogP contribution in [-0.2, 0) is 0 Å². The Morgan fingerprint density at radius 2 is 0.733 bits per heavy atom. The van der Waals surface area contributed by atoms with Gasteiger partial charge < -0.3 is 0 Å². The van der Waals surface area contributed by atoms with Crippen LogP contribution in [0.1, 0.15) is 66.2 Å². The standard InChI is InChI=1S/C8H20Si.C6H12/c1-5-9(6-2,7-3)8-4;1-2-4-6-5-3-1/h5-8H2,1-4H3;1-6H2. The minimum absolute atomic E-state index is 0.691. The van der Waals surface area contributed by atoms with Crippen molar-refractivity contribution in [1.82, 2.24) is 0 Å². The molecule has 0 nitrogen and oxygen atoms in total. The predicted molar refractivity (Wildman–Crippen MR) is 75.4 cm³/mol. The quantitative estimate of drug-likeness (QED) is 0.529. The second kappa shape index (κ2) is 9.44. The van der Waals surface area contributed by atoms with Gasteiger partial charge in [-0.1, -0.05) is 90.4 Å². The maximum Gasteiger partial charge on any atom is 0.0524 e. The van der Waals surface area contributed by atoms with Gasteiger partial charge in [0.25, 0.3) is 0 Å². The Hall–Kier alpha value is 0.217. The van der Waals surface area contributed by atoms with Crippen LogP contribution in [0.15, 0.2) is 0 Å². The predicted octanol–water partition coefficient (Wildman–Crippen LogP) is 5.86. The summed E-state index contributed by atoms with van der Waals surface area (Å²) in [5.74, 6) is 0. The zero-order valence-corrected chi connectivity index (χ0v) is 12.6. The lowest BCUT2D eigenvalue weighted by Crippen LogP contribution is -2.29. The largest absolute Gasteiger partial charge is 0.0678 e.